The second-order valence-electron chi connectivity index (χ2n) is 3.86. The molecule has 2 amide bonds. The van der Waals surface area contributed by atoms with Crippen LogP contribution in [0.2, 0.25) is 0 Å². The zero-order valence-electron chi connectivity index (χ0n) is 8.57. The van der Waals surface area contributed by atoms with Gasteiger partial charge >= 0.3 is 0 Å². The number of nitrogens with one attached hydrogen (secondary N) is 1. The SMILES string of the molecule is O=C1CCC(Cc2cncc(I)c2)C(=O)N1. The zero-order chi connectivity index (χ0) is 11.5. The highest BCUT2D eigenvalue weighted by molar-refractivity contribution is 14.1. The van der Waals surface area contributed by atoms with Gasteiger partial charge in [0, 0.05) is 28.3 Å². The summed E-state index contributed by atoms with van der Waals surface area (Å²) in [6, 6.07) is 2.01. The number of hydrogen-bond acceptors (Lipinski definition) is 3. The fourth-order valence-corrected chi connectivity index (χ4v) is 2.35. The van der Waals surface area contributed by atoms with E-state index in [-0.39, 0.29) is 17.7 Å². The first-order valence-electron chi connectivity index (χ1n) is 5.08. The van der Waals surface area contributed by atoms with Crippen LogP contribution in [0.5, 0.6) is 0 Å². The van der Waals surface area contributed by atoms with Gasteiger partial charge in [0.1, 0.15) is 0 Å². The number of halogens is 1. The molecule has 84 valence electrons. The van der Waals surface area contributed by atoms with Crippen LogP contribution in [0.15, 0.2) is 18.5 Å². The summed E-state index contributed by atoms with van der Waals surface area (Å²) in [5.41, 5.74) is 1.04. The van der Waals surface area contributed by atoms with Gasteiger partial charge in [-0.25, -0.2) is 0 Å². The summed E-state index contributed by atoms with van der Waals surface area (Å²) in [6.45, 7) is 0. The molecule has 1 aromatic rings. The third-order valence-corrected chi connectivity index (χ3v) is 3.19. The van der Waals surface area contributed by atoms with Crippen molar-refractivity contribution in [1.82, 2.24) is 10.3 Å². The molecule has 4 nitrogen and oxygen atoms in total. The lowest BCUT2D eigenvalue weighted by molar-refractivity contribution is -0.136. The molecule has 1 saturated heterocycles. The van der Waals surface area contributed by atoms with E-state index in [1.165, 1.54) is 0 Å². The van der Waals surface area contributed by atoms with Crippen LogP contribution in [0.4, 0.5) is 0 Å². The largest absolute Gasteiger partial charge is 0.296 e. The number of amides is 2. The maximum atomic E-state index is 11.5. The monoisotopic (exact) mass is 330 g/mol. The number of aromatic nitrogens is 1. The number of carbonyl (C=O) groups is 2. The Balaban J connectivity index is 2.05. The van der Waals surface area contributed by atoms with Crippen molar-refractivity contribution in [2.24, 2.45) is 5.92 Å². The van der Waals surface area contributed by atoms with E-state index < -0.39 is 0 Å². The molecule has 0 radical (unpaired) electrons. The molecule has 0 aliphatic carbocycles. The van der Waals surface area contributed by atoms with Crippen LogP contribution in [0.1, 0.15) is 18.4 Å². The molecular formula is C11H11IN2O2. The van der Waals surface area contributed by atoms with Crippen molar-refractivity contribution >= 4 is 34.4 Å². The summed E-state index contributed by atoms with van der Waals surface area (Å²) in [6.07, 6.45) is 5.27. The molecule has 0 saturated carbocycles. The Morgan fingerprint density at radius 2 is 2.25 bits per heavy atom. The maximum Gasteiger partial charge on any atom is 0.230 e. The molecule has 1 unspecified atom stereocenters. The van der Waals surface area contributed by atoms with Gasteiger partial charge < -0.3 is 0 Å². The second-order valence-corrected chi connectivity index (χ2v) is 5.11. The minimum atomic E-state index is -0.165. The predicted molar refractivity (Wildman–Crippen MR) is 66.5 cm³/mol. The third-order valence-electron chi connectivity index (χ3n) is 2.60. The molecule has 5 heteroatoms. The highest BCUT2D eigenvalue weighted by atomic mass is 127. The molecule has 2 heterocycles. The van der Waals surface area contributed by atoms with E-state index in [4.69, 9.17) is 0 Å². The predicted octanol–water partition coefficient (Wildman–Crippen LogP) is 1.28. The van der Waals surface area contributed by atoms with Crippen LogP contribution in [0.25, 0.3) is 0 Å². The van der Waals surface area contributed by atoms with Crippen LogP contribution in [-0.4, -0.2) is 16.8 Å². The first-order valence-corrected chi connectivity index (χ1v) is 6.16. The van der Waals surface area contributed by atoms with Gasteiger partial charge in [-0.15, -0.1) is 0 Å². The van der Waals surface area contributed by atoms with Crippen molar-refractivity contribution in [3.05, 3.63) is 27.6 Å². The van der Waals surface area contributed by atoms with Crippen molar-refractivity contribution in [2.75, 3.05) is 0 Å². The number of pyridine rings is 1. The van der Waals surface area contributed by atoms with Crippen molar-refractivity contribution in [2.45, 2.75) is 19.3 Å². The lowest BCUT2D eigenvalue weighted by Gasteiger charge is -2.20. The number of nitrogens with zero attached hydrogens (tertiary/aromatic N) is 1. The highest BCUT2D eigenvalue weighted by Crippen LogP contribution is 2.18. The molecule has 16 heavy (non-hydrogen) atoms. The van der Waals surface area contributed by atoms with Gasteiger partial charge in [0.15, 0.2) is 0 Å². The van der Waals surface area contributed by atoms with Crippen molar-refractivity contribution in [3.63, 3.8) is 0 Å². The normalized spacial score (nSPS) is 20.7. The Bertz CT molecular complexity index is 434. The quantitative estimate of drug-likeness (QED) is 0.657. The Kier molecular flexibility index (Phi) is 3.52. The van der Waals surface area contributed by atoms with Crippen molar-refractivity contribution in [3.8, 4) is 0 Å². The fraction of sp³-hybridized carbons (Fsp3) is 0.364. The second kappa shape index (κ2) is 4.90. The van der Waals surface area contributed by atoms with Gasteiger partial charge in [-0.1, -0.05) is 0 Å². The topological polar surface area (TPSA) is 59.1 Å². The molecular weight excluding hydrogens is 319 g/mol. The van der Waals surface area contributed by atoms with Gasteiger partial charge in [0.05, 0.1) is 0 Å². The smallest absolute Gasteiger partial charge is 0.230 e. The van der Waals surface area contributed by atoms with Gasteiger partial charge in [0.25, 0.3) is 0 Å². The summed E-state index contributed by atoms with van der Waals surface area (Å²) in [4.78, 5) is 26.6. The molecule has 0 bridgehead atoms. The fourth-order valence-electron chi connectivity index (χ4n) is 1.79. The Labute approximate surface area is 107 Å². The van der Waals surface area contributed by atoms with Gasteiger partial charge in [-0.3, -0.25) is 19.9 Å². The summed E-state index contributed by atoms with van der Waals surface area (Å²) >= 11 is 2.19. The lowest BCUT2D eigenvalue weighted by Crippen LogP contribution is -2.41. The van der Waals surface area contributed by atoms with E-state index in [0.29, 0.717) is 19.3 Å². The highest BCUT2D eigenvalue weighted by Gasteiger charge is 2.26. The summed E-state index contributed by atoms with van der Waals surface area (Å²) < 4.78 is 1.06. The maximum absolute atomic E-state index is 11.5. The molecule has 0 spiro atoms. The van der Waals surface area contributed by atoms with Crippen LogP contribution in [-0.2, 0) is 16.0 Å². The minimum Gasteiger partial charge on any atom is -0.296 e. The molecule has 1 fully saturated rings. The summed E-state index contributed by atoms with van der Waals surface area (Å²) in [7, 11) is 0. The standard InChI is InChI=1S/C11H11IN2O2/c12-9-4-7(5-13-6-9)3-8-1-2-10(15)14-11(8)16/h4-6,8H,1-3H2,(H,14,15,16). The van der Waals surface area contributed by atoms with Crippen LogP contribution < -0.4 is 5.32 Å². The van der Waals surface area contributed by atoms with Crippen LogP contribution in [0, 0.1) is 9.49 Å². The van der Waals surface area contributed by atoms with E-state index in [1.54, 1.807) is 12.4 Å². The third kappa shape index (κ3) is 2.78. The molecule has 1 atom stereocenters. The average molecular weight is 330 g/mol. The van der Waals surface area contributed by atoms with Gasteiger partial charge in [-0.2, -0.15) is 0 Å². The van der Waals surface area contributed by atoms with E-state index >= 15 is 0 Å². The Hall–Kier alpha value is -0.980. The minimum absolute atomic E-state index is 0.0994. The van der Waals surface area contributed by atoms with Crippen LogP contribution >= 0.6 is 22.6 Å². The summed E-state index contributed by atoms with van der Waals surface area (Å²) in [5, 5.41) is 2.36. The van der Waals surface area contributed by atoms with E-state index in [9.17, 15) is 9.59 Å². The first-order chi connectivity index (χ1) is 7.65. The molecule has 1 aromatic heterocycles. The average Bonchev–Trinajstić information content (AvgIpc) is 2.22. The lowest BCUT2D eigenvalue weighted by atomic mass is 9.92. The molecule has 2 rings (SSSR count). The zero-order valence-corrected chi connectivity index (χ0v) is 10.7. The van der Waals surface area contributed by atoms with E-state index in [2.05, 4.69) is 32.9 Å². The van der Waals surface area contributed by atoms with Gasteiger partial charge in [-0.05, 0) is 47.1 Å². The molecule has 1 aliphatic heterocycles. The first kappa shape index (κ1) is 11.5. The molecule has 1 aliphatic rings. The number of imide groups is 1. The number of carbonyl (C=O) groups excluding carboxylic acids is 2. The van der Waals surface area contributed by atoms with Gasteiger partial charge in [0.2, 0.25) is 11.8 Å². The molecule has 1 N–H and O–H groups in total. The van der Waals surface area contributed by atoms with E-state index in [1.807, 2.05) is 6.07 Å². The van der Waals surface area contributed by atoms with E-state index in [0.717, 1.165) is 9.13 Å². The summed E-state index contributed by atoms with van der Waals surface area (Å²) in [5.74, 6) is -0.421. The van der Waals surface area contributed by atoms with Crippen LogP contribution in [0.3, 0.4) is 0 Å². The molecule has 0 aromatic carbocycles. The number of hydrogen-bond donors (Lipinski definition) is 1. The number of piperidine rings is 1. The van der Waals surface area contributed by atoms with Crippen molar-refractivity contribution in [1.29, 1.82) is 0 Å². The number of rotatable bonds is 2. The van der Waals surface area contributed by atoms with Crippen molar-refractivity contribution < 1.29 is 9.59 Å². The Morgan fingerprint density at radius 3 is 2.94 bits per heavy atom. The Morgan fingerprint density at radius 1 is 1.44 bits per heavy atom.